The summed E-state index contributed by atoms with van der Waals surface area (Å²) in [6.45, 7) is 7.07. The number of benzene rings is 1. The first-order valence-electron chi connectivity index (χ1n) is 7.26. The molecule has 1 aliphatic rings. The van der Waals surface area contributed by atoms with Crippen molar-refractivity contribution in [3.05, 3.63) is 34.3 Å². The van der Waals surface area contributed by atoms with Gasteiger partial charge in [0.25, 0.3) is 0 Å². The molecular formula is C16H25BrN2. The molecule has 1 saturated heterocycles. The highest BCUT2D eigenvalue weighted by atomic mass is 79.9. The second-order valence-electron chi connectivity index (χ2n) is 5.89. The minimum Gasteiger partial charge on any atom is -0.307 e. The van der Waals surface area contributed by atoms with Crippen molar-refractivity contribution in [2.75, 3.05) is 20.1 Å². The van der Waals surface area contributed by atoms with Crippen molar-refractivity contribution in [3.8, 4) is 0 Å². The predicted molar refractivity (Wildman–Crippen MR) is 85.4 cm³/mol. The number of nitrogens with zero attached hydrogens (tertiary/aromatic N) is 1. The molecule has 0 radical (unpaired) electrons. The molecule has 1 aromatic carbocycles. The van der Waals surface area contributed by atoms with Crippen LogP contribution in [-0.4, -0.2) is 31.1 Å². The molecule has 0 bridgehead atoms. The molecule has 2 nitrogen and oxygen atoms in total. The zero-order chi connectivity index (χ0) is 13.8. The van der Waals surface area contributed by atoms with Crippen molar-refractivity contribution >= 4 is 15.9 Å². The van der Waals surface area contributed by atoms with Gasteiger partial charge in [0.2, 0.25) is 0 Å². The van der Waals surface area contributed by atoms with Crippen LogP contribution >= 0.6 is 15.9 Å². The van der Waals surface area contributed by atoms with E-state index in [1.165, 1.54) is 31.5 Å². The molecule has 0 aliphatic carbocycles. The molecule has 1 fully saturated rings. The Morgan fingerprint density at radius 1 is 1.26 bits per heavy atom. The normalized spacial score (nSPS) is 24.1. The molecule has 2 rings (SSSR count). The Morgan fingerprint density at radius 3 is 2.58 bits per heavy atom. The highest BCUT2D eigenvalue weighted by Gasteiger charge is 2.23. The summed E-state index contributed by atoms with van der Waals surface area (Å²) in [5.41, 5.74) is 1.36. The second-order valence-corrected chi connectivity index (χ2v) is 6.81. The standard InChI is InChI=1S/C16H25BrN2/c1-12(14-6-8-16(17)9-7-14)18-13(2)15-5-4-10-19(3)11-15/h6-9,12-13,15,18H,4-5,10-11H2,1-3H3/t12-,13?,15?/m1/s1. The van der Waals surface area contributed by atoms with E-state index in [2.05, 4.69) is 71.3 Å². The summed E-state index contributed by atoms with van der Waals surface area (Å²) in [6.07, 6.45) is 2.69. The van der Waals surface area contributed by atoms with Crippen molar-refractivity contribution in [1.82, 2.24) is 10.2 Å². The van der Waals surface area contributed by atoms with Crippen molar-refractivity contribution < 1.29 is 0 Å². The third kappa shape index (κ3) is 4.30. The van der Waals surface area contributed by atoms with Gasteiger partial charge in [-0.3, -0.25) is 0 Å². The minimum absolute atomic E-state index is 0.412. The molecule has 106 valence electrons. The van der Waals surface area contributed by atoms with E-state index in [-0.39, 0.29) is 0 Å². The molecule has 19 heavy (non-hydrogen) atoms. The third-order valence-electron chi connectivity index (χ3n) is 4.25. The van der Waals surface area contributed by atoms with Crippen molar-refractivity contribution in [2.24, 2.45) is 5.92 Å². The van der Waals surface area contributed by atoms with Gasteiger partial charge < -0.3 is 10.2 Å². The Labute approximate surface area is 125 Å². The first-order chi connectivity index (χ1) is 9.06. The fraction of sp³-hybridized carbons (Fsp3) is 0.625. The summed E-state index contributed by atoms with van der Waals surface area (Å²) in [7, 11) is 2.23. The fourth-order valence-electron chi connectivity index (χ4n) is 2.99. The smallest absolute Gasteiger partial charge is 0.0294 e. The van der Waals surface area contributed by atoms with Crippen LogP contribution in [0.25, 0.3) is 0 Å². The van der Waals surface area contributed by atoms with Gasteiger partial charge in [0.15, 0.2) is 0 Å². The first kappa shape index (κ1) is 15.0. The van der Waals surface area contributed by atoms with E-state index in [1.54, 1.807) is 0 Å². The maximum atomic E-state index is 3.76. The van der Waals surface area contributed by atoms with Crippen LogP contribution in [-0.2, 0) is 0 Å². The lowest BCUT2D eigenvalue weighted by Crippen LogP contribution is -2.43. The zero-order valence-corrected chi connectivity index (χ0v) is 13.8. The summed E-state index contributed by atoms with van der Waals surface area (Å²) in [5, 5.41) is 3.76. The van der Waals surface area contributed by atoms with Crippen LogP contribution in [0.3, 0.4) is 0 Å². The second kappa shape index (κ2) is 6.87. The van der Waals surface area contributed by atoms with E-state index in [0.717, 1.165) is 10.4 Å². The molecule has 1 N–H and O–H groups in total. The highest BCUT2D eigenvalue weighted by molar-refractivity contribution is 9.10. The van der Waals surface area contributed by atoms with Crippen LogP contribution < -0.4 is 5.32 Å². The van der Waals surface area contributed by atoms with Gasteiger partial charge in [-0.25, -0.2) is 0 Å². The first-order valence-corrected chi connectivity index (χ1v) is 8.05. The summed E-state index contributed by atoms with van der Waals surface area (Å²) < 4.78 is 1.14. The molecule has 3 heteroatoms. The molecule has 0 aromatic heterocycles. The van der Waals surface area contributed by atoms with Crippen molar-refractivity contribution in [1.29, 1.82) is 0 Å². The maximum Gasteiger partial charge on any atom is 0.0294 e. The maximum absolute atomic E-state index is 3.76. The Balaban J connectivity index is 1.90. The average Bonchev–Trinajstić information content (AvgIpc) is 2.39. The Bertz CT molecular complexity index is 390. The number of hydrogen-bond acceptors (Lipinski definition) is 2. The SMILES string of the molecule is CC(N[C@H](C)c1ccc(Br)cc1)C1CCCN(C)C1. The molecular weight excluding hydrogens is 300 g/mol. The minimum atomic E-state index is 0.412. The number of hydrogen-bond donors (Lipinski definition) is 1. The van der Waals surface area contributed by atoms with E-state index in [1.807, 2.05) is 0 Å². The Hall–Kier alpha value is -0.380. The van der Waals surface area contributed by atoms with Crippen LogP contribution in [0.1, 0.15) is 38.3 Å². The van der Waals surface area contributed by atoms with E-state index in [9.17, 15) is 0 Å². The molecule has 0 amide bonds. The molecule has 3 atom stereocenters. The van der Waals surface area contributed by atoms with Gasteiger partial charge in [-0.1, -0.05) is 28.1 Å². The summed E-state index contributed by atoms with van der Waals surface area (Å²) in [5.74, 6) is 0.775. The summed E-state index contributed by atoms with van der Waals surface area (Å²) >= 11 is 3.49. The number of nitrogens with one attached hydrogen (secondary N) is 1. The molecule has 1 heterocycles. The summed E-state index contributed by atoms with van der Waals surface area (Å²) in [6, 6.07) is 9.61. The quantitative estimate of drug-likeness (QED) is 0.905. The lowest BCUT2D eigenvalue weighted by molar-refractivity contribution is 0.174. The van der Waals surface area contributed by atoms with E-state index < -0.39 is 0 Å². The topological polar surface area (TPSA) is 15.3 Å². The van der Waals surface area contributed by atoms with Gasteiger partial charge >= 0.3 is 0 Å². The van der Waals surface area contributed by atoms with Gasteiger partial charge in [-0.2, -0.15) is 0 Å². The Kier molecular flexibility index (Phi) is 5.43. The largest absolute Gasteiger partial charge is 0.307 e. The lowest BCUT2D eigenvalue weighted by atomic mass is 9.91. The molecule has 0 spiro atoms. The van der Waals surface area contributed by atoms with Gasteiger partial charge in [0.1, 0.15) is 0 Å². The molecule has 0 saturated carbocycles. The zero-order valence-electron chi connectivity index (χ0n) is 12.2. The van der Waals surface area contributed by atoms with Crippen LogP contribution in [0.4, 0.5) is 0 Å². The van der Waals surface area contributed by atoms with Crippen LogP contribution in [0.5, 0.6) is 0 Å². The monoisotopic (exact) mass is 324 g/mol. The van der Waals surface area contributed by atoms with Crippen LogP contribution in [0.15, 0.2) is 28.7 Å². The average molecular weight is 325 g/mol. The van der Waals surface area contributed by atoms with Gasteiger partial charge in [-0.15, -0.1) is 0 Å². The van der Waals surface area contributed by atoms with Gasteiger partial charge in [0.05, 0.1) is 0 Å². The van der Waals surface area contributed by atoms with E-state index in [0.29, 0.717) is 12.1 Å². The molecule has 2 unspecified atom stereocenters. The third-order valence-corrected chi connectivity index (χ3v) is 4.78. The van der Waals surface area contributed by atoms with Crippen LogP contribution in [0.2, 0.25) is 0 Å². The number of rotatable bonds is 4. The Morgan fingerprint density at radius 2 is 1.95 bits per heavy atom. The van der Waals surface area contributed by atoms with Crippen LogP contribution in [0, 0.1) is 5.92 Å². The molecule has 1 aromatic rings. The summed E-state index contributed by atoms with van der Waals surface area (Å²) in [4.78, 5) is 2.46. The molecule has 1 aliphatic heterocycles. The predicted octanol–water partition coefficient (Wildman–Crippen LogP) is 3.83. The fourth-order valence-corrected chi connectivity index (χ4v) is 3.26. The number of piperidine rings is 1. The van der Waals surface area contributed by atoms with Gasteiger partial charge in [0, 0.05) is 23.1 Å². The van der Waals surface area contributed by atoms with Crippen molar-refractivity contribution in [2.45, 2.75) is 38.8 Å². The van der Waals surface area contributed by atoms with E-state index in [4.69, 9.17) is 0 Å². The number of likely N-dealkylation sites (tertiary alicyclic amines) is 1. The highest BCUT2D eigenvalue weighted by Crippen LogP contribution is 2.22. The van der Waals surface area contributed by atoms with Gasteiger partial charge in [-0.05, 0) is 63.9 Å². The van der Waals surface area contributed by atoms with Crippen molar-refractivity contribution in [3.63, 3.8) is 0 Å². The number of halogens is 1. The van der Waals surface area contributed by atoms with E-state index >= 15 is 0 Å². The lowest BCUT2D eigenvalue weighted by Gasteiger charge is -2.35.